The van der Waals surface area contributed by atoms with Gasteiger partial charge in [0.2, 0.25) is 11.7 Å². The van der Waals surface area contributed by atoms with Gasteiger partial charge in [0, 0.05) is 42.5 Å². The lowest BCUT2D eigenvalue weighted by Crippen LogP contribution is -2.24. The number of hydrogen-bond acceptors (Lipinski definition) is 9. The highest BCUT2D eigenvalue weighted by Crippen LogP contribution is 2.30. The number of dihydropyridines is 1. The van der Waals surface area contributed by atoms with E-state index in [0.717, 1.165) is 27.5 Å². The smallest absolute Gasteiger partial charge is 0.219 e. The van der Waals surface area contributed by atoms with Gasteiger partial charge < -0.3 is 20.1 Å². The van der Waals surface area contributed by atoms with Crippen molar-refractivity contribution >= 4 is 35.2 Å². The zero-order chi connectivity index (χ0) is 30.9. The lowest BCUT2D eigenvalue weighted by atomic mass is 10.1. The van der Waals surface area contributed by atoms with Crippen molar-refractivity contribution in [3.63, 3.8) is 0 Å². The Morgan fingerprint density at radius 1 is 1.21 bits per heavy atom. The van der Waals surface area contributed by atoms with Crippen molar-refractivity contribution in [3.8, 4) is 11.6 Å². The average molecular weight is 600 g/mol. The summed E-state index contributed by atoms with van der Waals surface area (Å²) in [5.41, 5.74) is 5.15. The van der Waals surface area contributed by atoms with Gasteiger partial charge in [-0.3, -0.25) is 4.79 Å². The van der Waals surface area contributed by atoms with Gasteiger partial charge in [0.15, 0.2) is 17.3 Å². The van der Waals surface area contributed by atoms with Gasteiger partial charge in [-0.15, -0.1) is 9.90 Å². The normalized spacial score (nSPS) is 15.0. The molecular weight excluding hydrogens is 565 g/mol. The van der Waals surface area contributed by atoms with Crippen LogP contribution in [0.4, 0.5) is 15.8 Å². The van der Waals surface area contributed by atoms with Crippen molar-refractivity contribution in [2.45, 2.75) is 33.7 Å². The molecule has 3 N–H and O–H groups in total. The number of aromatic nitrogens is 4. The molecule has 1 unspecified atom stereocenters. The van der Waals surface area contributed by atoms with Gasteiger partial charge in [-0.25, -0.2) is 9.37 Å². The molecule has 222 valence electrons. The Kier molecular flexibility index (Phi) is 10.3. The fraction of sp³-hybridized carbons (Fsp3) is 0.188. The standard InChI is InChI=1S/C32H34FN7O2S/c1-7-8-11-25(33)23(5)42-31-16-21(3)29(19-35-31)40-36-18-28(38-40)30(41)14-13-24-15-20(2)26(17-27(24)34-6)39-43-32-12-9-10-22(4)37-32/h7-19,22,34,37,39H,5H2,1-4,6H3/b8-7-,14-13+,25-11+. The fourth-order valence-electron chi connectivity index (χ4n) is 3.98. The van der Waals surface area contributed by atoms with Crippen LogP contribution < -0.4 is 20.1 Å². The van der Waals surface area contributed by atoms with E-state index < -0.39 is 5.83 Å². The number of hydrogen-bond donors (Lipinski definition) is 3. The number of aryl methyl sites for hydroxylation is 2. The zero-order valence-electron chi connectivity index (χ0n) is 24.7. The minimum absolute atomic E-state index is 0.155. The third-order valence-electron chi connectivity index (χ3n) is 6.32. The van der Waals surface area contributed by atoms with Gasteiger partial charge in [0.1, 0.15) is 5.69 Å². The summed E-state index contributed by atoms with van der Waals surface area (Å²) in [7, 11) is 1.84. The Morgan fingerprint density at radius 3 is 2.74 bits per heavy atom. The van der Waals surface area contributed by atoms with Crippen LogP contribution in [-0.2, 0) is 0 Å². The Morgan fingerprint density at radius 2 is 2.02 bits per heavy atom. The first-order valence-electron chi connectivity index (χ1n) is 13.6. The van der Waals surface area contributed by atoms with Gasteiger partial charge in [0.25, 0.3) is 0 Å². The Bertz CT molecular complexity index is 1670. The maximum atomic E-state index is 14.0. The second kappa shape index (κ2) is 14.3. The predicted molar refractivity (Wildman–Crippen MR) is 173 cm³/mol. The molecule has 0 aliphatic carbocycles. The van der Waals surface area contributed by atoms with Crippen LogP contribution >= 0.6 is 11.9 Å². The van der Waals surface area contributed by atoms with Crippen molar-refractivity contribution in [2.75, 3.05) is 17.1 Å². The molecule has 43 heavy (non-hydrogen) atoms. The summed E-state index contributed by atoms with van der Waals surface area (Å²) >= 11 is 1.51. The summed E-state index contributed by atoms with van der Waals surface area (Å²) in [6.07, 6.45) is 16.8. The van der Waals surface area contributed by atoms with Crippen LogP contribution in [0.25, 0.3) is 11.8 Å². The van der Waals surface area contributed by atoms with Crippen molar-refractivity contribution in [2.24, 2.45) is 0 Å². The summed E-state index contributed by atoms with van der Waals surface area (Å²) in [6.45, 7) is 11.3. The molecule has 11 heteroatoms. The third-order valence-corrected chi connectivity index (χ3v) is 7.11. The number of nitrogens with one attached hydrogen (secondary N) is 3. The molecule has 2 aromatic heterocycles. The zero-order valence-corrected chi connectivity index (χ0v) is 25.5. The highest BCUT2D eigenvalue weighted by atomic mass is 32.2. The van der Waals surface area contributed by atoms with Crippen molar-refractivity contribution < 1.29 is 13.9 Å². The summed E-state index contributed by atoms with van der Waals surface area (Å²) in [6, 6.07) is 5.92. The molecule has 0 saturated carbocycles. The number of benzene rings is 1. The monoisotopic (exact) mass is 599 g/mol. The molecule has 0 bridgehead atoms. The van der Waals surface area contributed by atoms with Crippen LogP contribution in [0.1, 0.15) is 41.0 Å². The molecule has 3 heterocycles. The number of rotatable bonds is 12. The summed E-state index contributed by atoms with van der Waals surface area (Å²) in [5, 5.41) is 16.2. The van der Waals surface area contributed by atoms with E-state index in [1.165, 1.54) is 41.3 Å². The highest BCUT2D eigenvalue weighted by molar-refractivity contribution is 8.04. The van der Waals surface area contributed by atoms with Crippen LogP contribution in [0.5, 0.6) is 5.88 Å². The van der Waals surface area contributed by atoms with Crippen molar-refractivity contribution in [1.82, 2.24) is 25.3 Å². The molecule has 4 rings (SSSR count). The fourth-order valence-corrected chi connectivity index (χ4v) is 4.81. The van der Waals surface area contributed by atoms with Crippen LogP contribution in [0.2, 0.25) is 0 Å². The van der Waals surface area contributed by atoms with E-state index in [1.807, 2.05) is 45.2 Å². The van der Waals surface area contributed by atoms with Gasteiger partial charge >= 0.3 is 0 Å². The molecule has 0 saturated heterocycles. The quantitative estimate of drug-likeness (QED) is 0.0668. The van der Waals surface area contributed by atoms with Gasteiger partial charge in [-0.1, -0.05) is 30.9 Å². The van der Waals surface area contributed by atoms with Crippen molar-refractivity contribution in [3.05, 3.63) is 119 Å². The van der Waals surface area contributed by atoms with E-state index in [2.05, 4.69) is 50.1 Å². The molecule has 1 aliphatic rings. The van der Waals surface area contributed by atoms with E-state index in [9.17, 15) is 9.18 Å². The minimum Gasteiger partial charge on any atom is -0.437 e. The number of carbonyl (C=O) groups is 1. The molecule has 0 spiro atoms. The van der Waals surface area contributed by atoms with Crippen LogP contribution in [0.3, 0.4) is 0 Å². The lowest BCUT2D eigenvalue weighted by molar-refractivity contribution is 0.104. The van der Waals surface area contributed by atoms with Crippen LogP contribution in [0, 0.1) is 13.8 Å². The minimum atomic E-state index is -0.604. The second-order valence-corrected chi connectivity index (χ2v) is 10.5. The third kappa shape index (κ3) is 8.10. The SMILES string of the molecule is C=C(Oc1cc(C)c(-n2ncc(C(=O)/C=C/c3cc(C)c(NSC4=CC=CC(C)N4)cc3NC)n2)cn1)/C(F)=C\C=C/C. The number of ketones is 1. The molecule has 1 aromatic carbocycles. The summed E-state index contributed by atoms with van der Waals surface area (Å²) in [4.78, 5) is 18.5. The average Bonchev–Trinajstić information content (AvgIpc) is 3.48. The topological polar surface area (TPSA) is 106 Å². The molecule has 3 aromatic rings. The summed E-state index contributed by atoms with van der Waals surface area (Å²) < 4.78 is 22.9. The van der Waals surface area contributed by atoms with Crippen LogP contribution in [0.15, 0.2) is 96.3 Å². The van der Waals surface area contributed by atoms with E-state index >= 15 is 0 Å². The number of carbonyl (C=O) groups excluding carboxylic acids is 1. The van der Waals surface area contributed by atoms with E-state index in [0.29, 0.717) is 11.3 Å². The number of halogens is 1. The molecule has 0 amide bonds. The molecule has 9 nitrogen and oxygen atoms in total. The highest BCUT2D eigenvalue weighted by Gasteiger charge is 2.14. The van der Waals surface area contributed by atoms with E-state index in [1.54, 1.807) is 31.2 Å². The number of pyridine rings is 1. The number of nitrogens with zero attached hydrogens (tertiary/aromatic N) is 4. The largest absolute Gasteiger partial charge is 0.437 e. The van der Waals surface area contributed by atoms with Gasteiger partial charge in [0.05, 0.1) is 17.4 Å². The first-order valence-corrected chi connectivity index (χ1v) is 14.4. The van der Waals surface area contributed by atoms with Crippen molar-refractivity contribution in [1.29, 1.82) is 0 Å². The number of anilines is 2. The van der Waals surface area contributed by atoms with Crippen LogP contribution in [-0.4, -0.2) is 38.9 Å². The first kappa shape index (κ1) is 31.0. The Balaban J connectivity index is 1.43. The molecular formula is C32H34FN7O2S. The lowest BCUT2D eigenvalue weighted by Gasteiger charge is -2.19. The predicted octanol–water partition coefficient (Wildman–Crippen LogP) is 6.99. The van der Waals surface area contributed by atoms with E-state index in [-0.39, 0.29) is 29.2 Å². The first-order chi connectivity index (χ1) is 20.7. The number of ether oxygens (including phenoxy) is 1. The van der Waals surface area contributed by atoms with Gasteiger partial charge in [-0.2, -0.15) is 5.10 Å². The molecule has 1 atom stereocenters. The molecule has 0 fully saturated rings. The molecule has 0 radical (unpaired) electrons. The maximum Gasteiger partial charge on any atom is 0.219 e. The Hall–Kier alpha value is -4.90. The maximum absolute atomic E-state index is 14.0. The van der Waals surface area contributed by atoms with Gasteiger partial charge in [-0.05, 0) is 80.8 Å². The summed E-state index contributed by atoms with van der Waals surface area (Å²) in [5.74, 6) is -0.885. The van der Waals surface area contributed by atoms with E-state index in [4.69, 9.17) is 4.74 Å². The second-order valence-electron chi connectivity index (χ2n) is 9.65. The molecule has 1 aliphatic heterocycles. The Labute approximate surface area is 255 Å². The number of allylic oxidation sites excluding steroid dienone is 7.